The molecule has 0 fully saturated rings. The van der Waals surface area contributed by atoms with Crippen molar-refractivity contribution in [1.82, 2.24) is 10.2 Å². The van der Waals surface area contributed by atoms with E-state index in [1.807, 2.05) is 20.8 Å². The van der Waals surface area contributed by atoms with Crippen molar-refractivity contribution < 1.29 is 18.7 Å². The predicted octanol–water partition coefficient (Wildman–Crippen LogP) is 4.19. The van der Waals surface area contributed by atoms with Crippen molar-refractivity contribution in [1.29, 1.82) is 0 Å². The number of amides is 2. The molecule has 1 N–H and O–H groups in total. The maximum atomic E-state index is 13.8. The molecule has 5 nitrogen and oxygen atoms in total. The van der Waals surface area contributed by atoms with Crippen LogP contribution in [0.2, 0.25) is 5.02 Å². The fraction of sp³-hybridized carbons (Fsp3) is 0.364. The van der Waals surface area contributed by atoms with Gasteiger partial charge in [-0.2, -0.15) is 0 Å². The molecule has 0 spiro atoms. The largest absolute Gasteiger partial charge is 0.481 e. The van der Waals surface area contributed by atoms with Crippen LogP contribution in [-0.2, 0) is 16.1 Å². The second-order valence-electron chi connectivity index (χ2n) is 7.75. The van der Waals surface area contributed by atoms with Crippen molar-refractivity contribution in [2.24, 2.45) is 0 Å². The number of benzene rings is 2. The van der Waals surface area contributed by atoms with Gasteiger partial charge in [0.2, 0.25) is 5.91 Å². The van der Waals surface area contributed by atoms with Gasteiger partial charge >= 0.3 is 0 Å². The minimum absolute atomic E-state index is 0.0228. The van der Waals surface area contributed by atoms with Crippen LogP contribution < -0.4 is 10.1 Å². The number of ether oxygens (including phenoxy) is 1. The van der Waals surface area contributed by atoms with E-state index in [1.54, 1.807) is 37.3 Å². The van der Waals surface area contributed by atoms with Gasteiger partial charge in [0.1, 0.15) is 6.04 Å². The zero-order valence-electron chi connectivity index (χ0n) is 17.0. The Morgan fingerprint density at radius 1 is 1.14 bits per heavy atom. The quantitative estimate of drug-likeness (QED) is 0.730. The standard InChI is InChI=1S/C22H26ClFN2O3/c1-15(21(28)25-22(2,3)4)26(13-16-9-5-6-10-17(16)23)20(27)14-29-19-12-8-7-11-18(19)24/h5-12,15H,13-14H2,1-4H3,(H,25,28)/t15-/m1/s1. The smallest absolute Gasteiger partial charge is 0.261 e. The lowest BCUT2D eigenvalue weighted by atomic mass is 10.1. The second kappa shape index (κ2) is 9.74. The van der Waals surface area contributed by atoms with Gasteiger partial charge in [0.15, 0.2) is 18.2 Å². The molecular weight excluding hydrogens is 395 g/mol. The Hall–Kier alpha value is -2.60. The van der Waals surface area contributed by atoms with Crippen molar-refractivity contribution in [3.05, 3.63) is 64.9 Å². The third-order valence-corrected chi connectivity index (χ3v) is 4.52. The Bertz CT molecular complexity index is 867. The highest BCUT2D eigenvalue weighted by Crippen LogP contribution is 2.20. The first-order valence-corrected chi connectivity index (χ1v) is 9.68. The fourth-order valence-corrected chi connectivity index (χ4v) is 2.85. The second-order valence-corrected chi connectivity index (χ2v) is 8.15. The van der Waals surface area contributed by atoms with Gasteiger partial charge in [0.25, 0.3) is 5.91 Å². The molecule has 0 aliphatic carbocycles. The Labute approximate surface area is 175 Å². The number of hydrogen-bond donors (Lipinski definition) is 1. The number of para-hydroxylation sites is 1. The number of nitrogens with one attached hydrogen (secondary N) is 1. The van der Waals surface area contributed by atoms with Gasteiger partial charge in [0.05, 0.1) is 0 Å². The molecule has 0 saturated heterocycles. The molecule has 1 atom stereocenters. The fourth-order valence-electron chi connectivity index (χ4n) is 2.65. The molecule has 156 valence electrons. The molecule has 29 heavy (non-hydrogen) atoms. The van der Waals surface area contributed by atoms with Crippen molar-refractivity contribution in [2.45, 2.75) is 45.8 Å². The Morgan fingerprint density at radius 3 is 2.38 bits per heavy atom. The molecule has 0 heterocycles. The van der Waals surface area contributed by atoms with Gasteiger partial charge < -0.3 is 15.0 Å². The molecule has 0 bridgehead atoms. The SMILES string of the molecule is C[C@H](C(=O)NC(C)(C)C)N(Cc1ccccc1Cl)C(=O)COc1ccccc1F. The van der Waals surface area contributed by atoms with Crippen LogP contribution in [0.25, 0.3) is 0 Å². The third-order valence-electron chi connectivity index (χ3n) is 4.15. The van der Waals surface area contributed by atoms with Crippen LogP contribution in [0.3, 0.4) is 0 Å². The van der Waals surface area contributed by atoms with Gasteiger partial charge in [-0.3, -0.25) is 9.59 Å². The van der Waals surface area contributed by atoms with E-state index < -0.39 is 29.9 Å². The average molecular weight is 421 g/mol. The van der Waals surface area contributed by atoms with E-state index in [4.69, 9.17) is 16.3 Å². The molecule has 2 aromatic carbocycles. The van der Waals surface area contributed by atoms with E-state index in [2.05, 4.69) is 5.32 Å². The number of halogens is 2. The van der Waals surface area contributed by atoms with Gasteiger partial charge in [0, 0.05) is 17.1 Å². The highest BCUT2D eigenvalue weighted by Gasteiger charge is 2.29. The van der Waals surface area contributed by atoms with Gasteiger partial charge in [-0.25, -0.2) is 4.39 Å². The summed E-state index contributed by atoms with van der Waals surface area (Å²) in [5, 5.41) is 3.36. The van der Waals surface area contributed by atoms with E-state index in [0.717, 1.165) is 0 Å². The lowest BCUT2D eigenvalue weighted by Crippen LogP contribution is -2.53. The molecule has 2 rings (SSSR count). The molecule has 2 amide bonds. The lowest BCUT2D eigenvalue weighted by Gasteiger charge is -2.31. The molecule has 0 aliphatic heterocycles. The molecule has 7 heteroatoms. The summed E-state index contributed by atoms with van der Waals surface area (Å²) in [7, 11) is 0. The van der Waals surface area contributed by atoms with Gasteiger partial charge in [-0.05, 0) is 51.5 Å². The number of carbonyl (C=O) groups excluding carboxylic acids is 2. The molecular formula is C22H26ClFN2O3. The number of carbonyl (C=O) groups is 2. The summed E-state index contributed by atoms with van der Waals surface area (Å²) < 4.78 is 19.1. The zero-order chi connectivity index (χ0) is 21.6. The summed E-state index contributed by atoms with van der Waals surface area (Å²) in [6.07, 6.45) is 0. The van der Waals surface area contributed by atoms with E-state index >= 15 is 0 Å². The van der Waals surface area contributed by atoms with Gasteiger partial charge in [-0.1, -0.05) is 41.9 Å². The number of nitrogens with zero attached hydrogens (tertiary/aromatic N) is 1. The van der Waals surface area contributed by atoms with Crippen LogP contribution in [0, 0.1) is 5.82 Å². The monoisotopic (exact) mass is 420 g/mol. The summed E-state index contributed by atoms with van der Waals surface area (Å²) in [5.74, 6) is -1.34. The van der Waals surface area contributed by atoms with Crippen LogP contribution in [-0.4, -0.2) is 34.9 Å². The van der Waals surface area contributed by atoms with Crippen molar-refractivity contribution in [3.63, 3.8) is 0 Å². The summed E-state index contributed by atoms with van der Waals surface area (Å²) in [5.41, 5.74) is 0.248. The van der Waals surface area contributed by atoms with E-state index in [1.165, 1.54) is 23.1 Å². The minimum atomic E-state index is -0.776. The molecule has 0 aliphatic rings. The normalized spacial score (nSPS) is 12.2. The molecule has 0 saturated carbocycles. The highest BCUT2D eigenvalue weighted by molar-refractivity contribution is 6.31. The molecule has 0 unspecified atom stereocenters. The van der Waals surface area contributed by atoms with Gasteiger partial charge in [-0.15, -0.1) is 0 Å². The molecule has 0 radical (unpaired) electrons. The van der Waals surface area contributed by atoms with Crippen molar-refractivity contribution in [3.8, 4) is 5.75 Å². The van der Waals surface area contributed by atoms with E-state index in [0.29, 0.717) is 10.6 Å². The first kappa shape index (κ1) is 22.7. The summed E-state index contributed by atoms with van der Waals surface area (Å²) in [6, 6.07) is 12.2. The highest BCUT2D eigenvalue weighted by atomic mass is 35.5. The Morgan fingerprint density at radius 2 is 1.76 bits per heavy atom. The van der Waals surface area contributed by atoms with E-state index in [-0.39, 0.29) is 18.2 Å². The summed E-state index contributed by atoms with van der Waals surface area (Å²) >= 11 is 6.24. The topological polar surface area (TPSA) is 58.6 Å². The average Bonchev–Trinajstić information content (AvgIpc) is 2.64. The Kier molecular flexibility index (Phi) is 7.62. The van der Waals surface area contributed by atoms with Crippen LogP contribution in [0.15, 0.2) is 48.5 Å². The van der Waals surface area contributed by atoms with Crippen molar-refractivity contribution >= 4 is 23.4 Å². The Balaban J connectivity index is 2.20. The first-order chi connectivity index (χ1) is 13.6. The molecule has 2 aromatic rings. The van der Waals surface area contributed by atoms with E-state index in [9.17, 15) is 14.0 Å². The van der Waals surface area contributed by atoms with Crippen LogP contribution in [0.5, 0.6) is 5.75 Å². The maximum absolute atomic E-state index is 13.8. The first-order valence-electron chi connectivity index (χ1n) is 9.30. The summed E-state index contributed by atoms with van der Waals surface area (Å²) in [4.78, 5) is 27.0. The van der Waals surface area contributed by atoms with Crippen LogP contribution in [0.1, 0.15) is 33.3 Å². The number of hydrogen-bond acceptors (Lipinski definition) is 3. The minimum Gasteiger partial charge on any atom is -0.481 e. The number of rotatable bonds is 7. The predicted molar refractivity (Wildman–Crippen MR) is 111 cm³/mol. The third kappa shape index (κ3) is 6.75. The molecule has 0 aromatic heterocycles. The zero-order valence-corrected chi connectivity index (χ0v) is 17.8. The maximum Gasteiger partial charge on any atom is 0.261 e. The lowest BCUT2D eigenvalue weighted by molar-refractivity contribution is -0.142. The van der Waals surface area contributed by atoms with Crippen LogP contribution in [0.4, 0.5) is 4.39 Å². The van der Waals surface area contributed by atoms with Crippen molar-refractivity contribution in [2.75, 3.05) is 6.61 Å². The summed E-state index contributed by atoms with van der Waals surface area (Å²) in [6.45, 7) is 6.94. The van der Waals surface area contributed by atoms with Crippen LogP contribution >= 0.6 is 11.6 Å².